The average Bonchev–Trinajstić information content (AvgIpc) is 2.98. The fourth-order valence-corrected chi connectivity index (χ4v) is 2.73. The topological polar surface area (TPSA) is 55.6 Å². The Labute approximate surface area is 129 Å². The number of ether oxygens (including phenoxy) is 1. The van der Waals surface area contributed by atoms with Gasteiger partial charge in [-0.15, -0.1) is 11.3 Å². The molecule has 5 heteroatoms. The number of nitrogens with two attached hydrogens (primary N) is 1. The number of hydrogen-bond acceptors (Lipinski definition) is 5. The molecule has 0 radical (unpaired) electrons. The van der Waals surface area contributed by atoms with Crippen LogP contribution in [0.15, 0.2) is 35.7 Å². The van der Waals surface area contributed by atoms with E-state index in [-0.39, 0.29) is 5.97 Å². The van der Waals surface area contributed by atoms with Gasteiger partial charge in [0.1, 0.15) is 0 Å². The number of likely N-dealkylation sites (N-methyl/N-ethyl adjacent to an activating group) is 1. The van der Waals surface area contributed by atoms with Gasteiger partial charge in [0.05, 0.1) is 12.2 Å². The number of carbonyl (C=O) groups is 1. The highest BCUT2D eigenvalue weighted by molar-refractivity contribution is 7.09. The molecule has 0 aliphatic rings. The van der Waals surface area contributed by atoms with Gasteiger partial charge < -0.3 is 15.4 Å². The van der Waals surface area contributed by atoms with E-state index in [0.29, 0.717) is 17.9 Å². The predicted octanol–water partition coefficient (Wildman–Crippen LogP) is 3.19. The average molecular weight is 304 g/mol. The van der Waals surface area contributed by atoms with Gasteiger partial charge in [-0.1, -0.05) is 6.07 Å². The van der Waals surface area contributed by atoms with Gasteiger partial charge in [0.2, 0.25) is 0 Å². The molecule has 0 atom stereocenters. The van der Waals surface area contributed by atoms with Crippen LogP contribution in [0.1, 0.15) is 22.2 Å². The molecule has 0 saturated heterocycles. The fraction of sp³-hybridized carbons (Fsp3) is 0.312. The van der Waals surface area contributed by atoms with Crippen molar-refractivity contribution in [2.75, 3.05) is 30.8 Å². The molecule has 21 heavy (non-hydrogen) atoms. The van der Waals surface area contributed by atoms with E-state index in [2.05, 4.69) is 22.4 Å². The van der Waals surface area contributed by atoms with Crippen LogP contribution in [-0.2, 0) is 11.2 Å². The van der Waals surface area contributed by atoms with Gasteiger partial charge in [0.25, 0.3) is 0 Å². The molecule has 112 valence electrons. The van der Waals surface area contributed by atoms with E-state index in [9.17, 15) is 4.79 Å². The molecule has 0 aliphatic heterocycles. The lowest BCUT2D eigenvalue weighted by atomic mass is 10.1. The summed E-state index contributed by atoms with van der Waals surface area (Å²) in [7, 11) is 2.01. The number of thiophene rings is 1. The molecule has 0 fully saturated rings. The van der Waals surface area contributed by atoms with E-state index in [1.54, 1.807) is 30.4 Å². The van der Waals surface area contributed by atoms with Crippen LogP contribution < -0.4 is 10.6 Å². The highest BCUT2D eigenvalue weighted by atomic mass is 32.1. The second-order valence-electron chi connectivity index (χ2n) is 4.74. The number of anilines is 2. The highest BCUT2D eigenvalue weighted by Crippen LogP contribution is 2.22. The number of nitrogens with zero attached hydrogens (tertiary/aromatic N) is 1. The largest absolute Gasteiger partial charge is 0.462 e. The van der Waals surface area contributed by atoms with Gasteiger partial charge in [-0.05, 0) is 43.0 Å². The Kier molecular flexibility index (Phi) is 5.22. The van der Waals surface area contributed by atoms with Gasteiger partial charge in [-0.25, -0.2) is 4.79 Å². The maximum Gasteiger partial charge on any atom is 0.340 e. The Morgan fingerprint density at radius 3 is 2.86 bits per heavy atom. The quantitative estimate of drug-likeness (QED) is 0.658. The van der Waals surface area contributed by atoms with Crippen molar-refractivity contribution in [3.63, 3.8) is 0 Å². The molecule has 2 N–H and O–H groups in total. The third-order valence-electron chi connectivity index (χ3n) is 3.25. The van der Waals surface area contributed by atoms with Crippen molar-refractivity contribution in [1.82, 2.24) is 0 Å². The zero-order valence-electron chi connectivity index (χ0n) is 12.3. The summed E-state index contributed by atoms with van der Waals surface area (Å²) in [6.07, 6.45) is 0.979. The Bertz CT molecular complexity index is 596. The maximum atomic E-state index is 11.9. The molecule has 0 spiro atoms. The summed E-state index contributed by atoms with van der Waals surface area (Å²) in [5.41, 5.74) is 7.69. The van der Waals surface area contributed by atoms with Crippen LogP contribution in [0.4, 0.5) is 11.4 Å². The van der Waals surface area contributed by atoms with Crippen molar-refractivity contribution in [3.8, 4) is 0 Å². The fourth-order valence-electron chi connectivity index (χ4n) is 2.03. The number of benzene rings is 1. The van der Waals surface area contributed by atoms with Crippen LogP contribution in [0.5, 0.6) is 0 Å². The van der Waals surface area contributed by atoms with E-state index in [1.165, 1.54) is 4.88 Å². The molecule has 0 amide bonds. The monoisotopic (exact) mass is 304 g/mol. The predicted molar refractivity (Wildman–Crippen MR) is 88.1 cm³/mol. The molecule has 2 aromatic rings. The van der Waals surface area contributed by atoms with Crippen LogP contribution in [0.3, 0.4) is 0 Å². The Morgan fingerprint density at radius 2 is 2.19 bits per heavy atom. The summed E-state index contributed by atoms with van der Waals surface area (Å²) in [4.78, 5) is 15.3. The SMILES string of the molecule is CCOC(=O)c1cc(N(C)CCc2cccs2)ccc1N. The number of rotatable bonds is 6. The normalized spacial score (nSPS) is 10.4. The summed E-state index contributed by atoms with van der Waals surface area (Å²) in [6.45, 7) is 3.01. The van der Waals surface area contributed by atoms with Crippen LogP contribution in [0, 0.1) is 0 Å². The molecule has 0 aliphatic carbocycles. The van der Waals surface area contributed by atoms with E-state index in [4.69, 9.17) is 10.5 Å². The maximum absolute atomic E-state index is 11.9. The smallest absolute Gasteiger partial charge is 0.340 e. The molecule has 0 bridgehead atoms. The Hall–Kier alpha value is -2.01. The van der Waals surface area contributed by atoms with Crippen molar-refractivity contribution < 1.29 is 9.53 Å². The first-order valence-electron chi connectivity index (χ1n) is 6.92. The molecule has 0 saturated carbocycles. The van der Waals surface area contributed by atoms with Gasteiger partial charge in [0.15, 0.2) is 0 Å². The minimum absolute atomic E-state index is 0.344. The molecule has 1 aromatic carbocycles. The highest BCUT2D eigenvalue weighted by Gasteiger charge is 2.13. The molecule has 1 aromatic heterocycles. The van der Waals surface area contributed by atoms with Gasteiger partial charge in [-0.3, -0.25) is 0 Å². The summed E-state index contributed by atoms with van der Waals surface area (Å²) in [6, 6.07) is 9.66. The standard InChI is InChI=1S/C16H20N2O2S/c1-3-20-16(19)14-11-12(6-7-15(14)17)18(2)9-8-13-5-4-10-21-13/h4-7,10-11H,3,8-9,17H2,1-2H3. The van der Waals surface area contributed by atoms with E-state index in [0.717, 1.165) is 18.7 Å². The third kappa shape index (κ3) is 3.98. The van der Waals surface area contributed by atoms with E-state index >= 15 is 0 Å². The van der Waals surface area contributed by atoms with Crippen molar-refractivity contribution in [3.05, 3.63) is 46.2 Å². The number of hydrogen-bond donors (Lipinski definition) is 1. The molecular formula is C16H20N2O2S. The first-order chi connectivity index (χ1) is 10.1. The van der Waals surface area contributed by atoms with Crippen LogP contribution >= 0.6 is 11.3 Å². The van der Waals surface area contributed by atoms with Gasteiger partial charge >= 0.3 is 5.97 Å². The van der Waals surface area contributed by atoms with Crippen molar-refractivity contribution >= 4 is 28.7 Å². The number of carbonyl (C=O) groups excluding carboxylic acids is 1. The zero-order valence-corrected chi connectivity index (χ0v) is 13.2. The molecule has 1 heterocycles. The lowest BCUT2D eigenvalue weighted by Crippen LogP contribution is -2.20. The van der Waals surface area contributed by atoms with Crippen molar-refractivity contribution in [2.45, 2.75) is 13.3 Å². The summed E-state index contributed by atoms with van der Waals surface area (Å²) in [5, 5.41) is 2.08. The Balaban J connectivity index is 2.08. The first-order valence-corrected chi connectivity index (χ1v) is 7.80. The minimum atomic E-state index is -0.372. The lowest BCUT2D eigenvalue weighted by Gasteiger charge is -2.20. The molecule has 0 unspecified atom stereocenters. The number of nitrogen functional groups attached to an aromatic ring is 1. The van der Waals surface area contributed by atoms with Crippen LogP contribution in [0.25, 0.3) is 0 Å². The van der Waals surface area contributed by atoms with Gasteiger partial charge in [0, 0.05) is 29.8 Å². The van der Waals surface area contributed by atoms with Crippen LogP contribution in [0.2, 0.25) is 0 Å². The number of esters is 1. The second kappa shape index (κ2) is 7.13. The van der Waals surface area contributed by atoms with E-state index < -0.39 is 0 Å². The van der Waals surface area contributed by atoms with Gasteiger partial charge in [-0.2, -0.15) is 0 Å². The van der Waals surface area contributed by atoms with Crippen LogP contribution in [-0.4, -0.2) is 26.2 Å². The Morgan fingerprint density at radius 1 is 1.38 bits per heavy atom. The van der Waals surface area contributed by atoms with Crippen molar-refractivity contribution in [1.29, 1.82) is 0 Å². The lowest BCUT2D eigenvalue weighted by molar-refractivity contribution is 0.0527. The van der Waals surface area contributed by atoms with Crippen molar-refractivity contribution in [2.24, 2.45) is 0 Å². The summed E-state index contributed by atoms with van der Waals surface area (Å²) >= 11 is 1.76. The molecule has 4 nitrogen and oxygen atoms in total. The second-order valence-corrected chi connectivity index (χ2v) is 5.78. The first kappa shape index (κ1) is 15.4. The minimum Gasteiger partial charge on any atom is -0.462 e. The summed E-state index contributed by atoms with van der Waals surface area (Å²) < 4.78 is 5.03. The summed E-state index contributed by atoms with van der Waals surface area (Å²) in [5.74, 6) is -0.372. The molecular weight excluding hydrogens is 284 g/mol. The third-order valence-corrected chi connectivity index (χ3v) is 4.18. The molecule has 2 rings (SSSR count). The van der Waals surface area contributed by atoms with E-state index in [1.807, 2.05) is 13.1 Å². The zero-order chi connectivity index (χ0) is 15.2.